The van der Waals surface area contributed by atoms with Crippen LogP contribution in [0, 0.1) is 6.92 Å². The summed E-state index contributed by atoms with van der Waals surface area (Å²) in [5.41, 5.74) is 3.51. The molecule has 0 atom stereocenters. The van der Waals surface area contributed by atoms with E-state index in [-0.39, 0.29) is 6.03 Å². The Morgan fingerprint density at radius 1 is 1.00 bits per heavy atom. The Kier molecular flexibility index (Phi) is 5.51. The third-order valence-electron chi connectivity index (χ3n) is 5.27. The van der Waals surface area contributed by atoms with Crippen LogP contribution in [-0.2, 0) is 0 Å². The first-order valence-electron chi connectivity index (χ1n) is 10.0. The molecule has 2 heterocycles. The van der Waals surface area contributed by atoms with Crippen molar-refractivity contribution in [1.82, 2.24) is 4.98 Å². The second-order valence-corrected chi connectivity index (χ2v) is 7.39. The number of benzene rings is 2. The van der Waals surface area contributed by atoms with Crippen molar-refractivity contribution in [2.75, 3.05) is 35.7 Å². The average Bonchev–Trinajstić information content (AvgIpc) is 2.74. The lowest BCUT2D eigenvalue weighted by Crippen LogP contribution is -2.30. The van der Waals surface area contributed by atoms with E-state index < -0.39 is 0 Å². The van der Waals surface area contributed by atoms with Crippen molar-refractivity contribution in [2.24, 2.45) is 0 Å². The zero-order chi connectivity index (χ0) is 20.2. The number of ether oxygens (including phenoxy) is 1. The highest BCUT2D eigenvalue weighted by atomic mass is 16.5. The number of methoxy groups -OCH3 is 1. The highest BCUT2D eigenvalue weighted by Gasteiger charge is 2.14. The zero-order valence-electron chi connectivity index (χ0n) is 16.9. The van der Waals surface area contributed by atoms with Gasteiger partial charge in [-0.15, -0.1) is 0 Å². The highest BCUT2D eigenvalue weighted by Crippen LogP contribution is 2.27. The summed E-state index contributed by atoms with van der Waals surface area (Å²) >= 11 is 0. The molecule has 1 aliphatic rings. The van der Waals surface area contributed by atoms with Gasteiger partial charge in [0.25, 0.3) is 0 Å². The number of hydrogen-bond donors (Lipinski definition) is 2. The minimum atomic E-state index is -0.298. The monoisotopic (exact) mass is 390 g/mol. The van der Waals surface area contributed by atoms with Crippen molar-refractivity contribution in [3.63, 3.8) is 0 Å². The number of nitrogens with zero attached hydrogens (tertiary/aromatic N) is 2. The van der Waals surface area contributed by atoms with Crippen LogP contribution in [0.5, 0.6) is 5.75 Å². The van der Waals surface area contributed by atoms with E-state index in [0.29, 0.717) is 11.4 Å². The summed E-state index contributed by atoms with van der Waals surface area (Å²) in [6.45, 7) is 4.24. The maximum Gasteiger partial charge on any atom is 0.323 e. The van der Waals surface area contributed by atoms with Gasteiger partial charge in [-0.3, -0.25) is 0 Å². The lowest BCUT2D eigenvalue weighted by molar-refractivity contribution is 0.262. The van der Waals surface area contributed by atoms with E-state index in [9.17, 15) is 4.79 Å². The van der Waals surface area contributed by atoms with Gasteiger partial charge in [0.1, 0.15) is 11.6 Å². The van der Waals surface area contributed by atoms with Gasteiger partial charge >= 0.3 is 6.03 Å². The number of aromatic nitrogens is 1. The molecule has 0 radical (unpaired) electrons. The van der Waals surface area contributed by atoms with Gasteiger partial charge in [0.15, 0.2) is 0 Å². The largest absolute Gasteiger partial charge is 0.497 e. The Morgan fingerprint density at radius 2 is 1.76 bits per heavy atom. The quantitative estimate of drug-likeness (QED) is 0.644. The summed E-state index contributed by atoms with van der Waals surface area (Å²) < 4.78 is 5.19. The van der Waals surface area contributed by atoms with Crippen LogP contribution in [0.4, 0.5) is 22.0 Å². The van der Waals surface area contributed by atoms with Crippen LogP contribution < -0.4 is 20.3 Å². The van der Waals surface area contributed by atoms with Crippen molar-refractivity contribution in [3.8, 4) is 5.75 Å². The molecule has 1 fully saturated rings. The number of amides is 2. The summed E-state index contributed by atoms with van der Waals surface area (Å²) in [6.07, 6.45) is 3.75. The van der Waals surface area contributed by atoms with E-state index >= 15 is 0 Å². The van der Waals surface area contributed by atoms with E-state index in [1.807, 2.05) is 36.4 Å². The number of fused-ring (bicyclic) bond motifs is 1. The molecule has 0 aliphatic carbocycles. The first-order chi connectivity index (χ1) is 14.1. The predicted molar refractivity (Wildman–Crippen MR) is 118 cm³/mol. The maximum atomic E-state index is 12.4. The van der Waals surface area contributed by atoms with Crippen molar-refractivity contribution in [1.29, 1.82) is 0 Å². The molecule has 3 aromatic rings. The number of carbonyl (C=O) groups excluding carboxylic acids is 1. The van der Waals surface area contributed by atoms with E-state index in [1.165, 1.54) is 19.3 Å². The van der Waals surface area contributed by atoms with E-state index in [1.54, 1.807) is 13.2 Å². The molecule has 2 amide bonds. The topological polar surface area (TPSA) is 66.5 Å². The van der Waals surface area contributed by atoms with Gasteiger partial charge in [0.05, 0.1) is 12.6 Å². The number of rotatable bonds is 4. The predicted octanol–water partition coefficient (Wildman–Crippen LogP) is 5.19. The average molecular weight is 390 g/mol. The molecule has 0 unspecified atom stereocenters. The number of urea groups is 1. The van der Waals surface area contributed by atoms with Crippen LogP contribution in [0.1, 0.15) is 24.8 Å². The van der Waals surface area contributed by atoms with Gasteiger partial charge in [0, 0.05) is 35.9 Å². The Balaban J connectivity index is 1.50. The van der Waals surface area contributed by atoms with Crippen molar-refractivity contribution >= 4 is 34.1 Å². The standard InChI is InChI=1S/C23H26N4O2/c1-16-13-22(27-11-4-3-5-12-27)26-21-10-9-18(15-20(16)21)25-23(28)24-17-7-6-8-19(14-17)29-2/h6-10,13-15H,3-5,11-12H2,1-2H3,(H2,24,25,28). The van der Waals surface area contributed by atoms with Gasteiger partial charge < -0.3 is 20.3 Å². The maximum absolute atomic E-state index is 12.4. The molecule has 1 saturated heterocycles. The summed E-state index contributed by atoms with van der Waals surface area (Å²) in [7, 11) is 1.60. The van der Waals surface area contributed by atoms with Crippen molar-refractivity contribution in [2.45, 2.75) is 26.2 Å². The molecule has 0 bridgehead atoms. The van der Waals surface area contributed by atoms with Gasteiger partial charge in [-0.25, -0.2) is 9.78 Å². The second kappa shape index (κ2) is 8.39. The van der Waals surface area contributed by atoms with Crippen LogP contribution in [0.2, 0.25) is 0 Å². The van der Waals surface area contributed by atoms with Crippen LogP contribution in [-0.4, -0.2) is 31.2 Å². The molecular weight excluding hydrogens is 364 g/mol. The second-order valence-electron chi connectivity index (χ2n) is 7.39. The van der Waals surface area contributed by atoms with Crippen LogP contribution in [0.25, 0.3) is 10.9 Å². The van der Waals surface area contributed by atoms with Crippen LogP contribution >= 0.6 is 0 Å². The van der Waals surface area contributed by atoms with Crippen molar-refractivity contribution in [3.05, 3.63) is 54.1 Å². The Morgan fingerprint density at radius 3 is 2.52 bits per heavy atom. The van der Waals surface area contributed by atoms with Gasteiger partial charge in [0.2, 0.25) is 0 Å². The molecule has 6 nitrogen and oxygen atoms in total. The molecule has 29 heavy (non-hydrogen) atoms. The normalized spacial score (nSPS) is 13.9. The minimum Gasteiger partial charge on any atom is -0.497 e. The summed E-state index contributed by atoms with van der Waals surface area (Å²) in [4.78, 5) is 19.6. The third-order valence-corrected chi connectivity index (χ3v) is 5.27. The molecular formula is C23H26N4O2. The number of aryl methyl sites for hydroxylation is 1. The first-order valence-corrected chi connectivity index (χ1v) is 10.0. The molecule has 150 valence electrons. The van der Waals surface area contributed by atoms with E-state index in [4.69, 9.17) is 9.72 Å². The lowest BCUT2D eigenvalue weighted by Gasteiger charge is -2.28. The van der Waals surface area contributed by atoms with Crippen molar-refractivity contribution < 1.29 is 9.53 Å². The minimum absolute atomic E-state index is 0.298. The molecule has 6 heteroatoms. The molecule has 1 aliphatic heterocycles. The highest BCUT2D eigenvalue weighted by molar-refractivity contribution is 6.01. The van der Waals surface area contributed by atoms with E-state index in [2.05, 4.69) is 28.5 Å². The first kappa shape index (κ1) is 19.1. The summed E-state index contributed by atoms with van der Waals surface area (Å²) in [5, 5.41) is 6.77. The fraction of sp³-hybridized carbons (Fsp3) is 0.304. The number of nitrogens with one attached hydrogen (secondary N) is 2. The van der Waals surface area contributed by atoms with Gasteiger partial charge in [-0.1, -0.05) is 6.07 Å². The number of piperidine rings is 1. The number of hydrogen-bond acceptors (Lipinski definition) is 4. The third kappa shape index (κ3) is 4.42. The Labute approximate surface area is 170 Å². The van der Waals surface area contributed by atoms with Gasteiger partial charge in [-0.2, -0.15) is 0 Å². The molecule has 0 spiro atoms. The van der Waals surface area contributed by atoms with Gasteiger partial charge in [-0.05, 0) is 68.1 Å². The number of carbonyl (C=O) groups is 1. The molecule has 1 aromatic heterocycles. The summed E-state index contributed by atoms with van der Waals surface area (Å²) in [5.74, 6) is 1.74. The smallest absolute Gasteiger partial charge is 0.323 e. The SMILES string of the molecule is COc1cccc(NC(=O)Nc2ccc3nc(N4CCCCC4)cc(C)c3c2)c1. The van der Waals surface area contributed by atoms with Crippen LogP contribution in [0.3, 0.4) is 0 Å². The molecule has 0 saturated carbocycles. The number of anilines is 3. The molecule has 2 N–H and O–H groups in total. The number of pyridine rings is 1. The Bertz CT molecular complexity index is 1030. The Hall–Kier alpha value is -3.28. The van der Waals surface area contributed by atoms with Crippen LogP contribution in [0.15, 0.2) is 48.5 Å². The zero-order valence-corrected chi connectivity index (χ0v) is 16.9. The lowest BCUT2D eigenvalue weighted by atomic mass is 10.1. The fourth-order valence-corrected chi connectivity index (χ4v) is 3.73. The molecule has 2 aromatic carbocycles. The van der Waals surface area contributed by atoms with E-state index in [0.717, 1.165) is 41.1 Å². The molecule has 4 rings (SSSR count). The summed E-state index contributed by atoms with van der Waals surface area (Å²) in [6, 6.07) is 14.9. The fourth-order valence-electron chi connectivity index (χ4n) is 3.73.